The Bertz CT molecular complexity index is 394. The summed E-state index contributed by atoms with van der Waals surface area (Å²) >= 11 is 7.70. The molecule has 1 aliphatic rings. The van der Waals surface area contributed by atoms with Crippen molar-refractivity contribution in [1.82, 2.24) is 0 Å². The minimum atomic E-state index is -0.407. The van der Waals surface area contributed by atoms with E-state index in [4.69, 9.17) is 11.6 Å². The summed E-state index contributed by atoms with van der Waals surface area (Å²) in [5, 5.41) is 13.2. The number of nitriles is 1. The zero-order valence-electron chi connectivity index (χ0n) is 8.16. The first kappa shape index (κ1) is 10.7. The molecule has 1 atom stereocenters. The lowest BCUT2D eigenvalue weighted by atomic mass is 10.0. The van der Waals surface area contributed by atoms with Gasteiger partial charge >= 0.3 is 0 Å². The molecule has 1 fully saturated rings. The average molecular weight is 239 g/mol. The summed E-state index contributed by atoms with van der Waals surface area (Å²) < 4.78 is 0. The number of hydrogen-bond donors (Lipinski definition) is 1. The second kappa shape index (κ2) is 4.34. The second-order valence-electron chi connectivity index (χ2n) is 3.63. The number of anilines is 1. The molecule has 0 radical (unpaired) electrons. The van der Waals surface area contributed by atoms with E-state index in [1.165, 1.54) is 0 Å². The lowest BCUT2D eigenvalue weighted by Crippen LogP contribution is -2.36. The molecule has 78 valence electrons. The maximum Gasteiger partial charge on any atom is 0.135 e. The van der Waals surface area contributed by atoms with E-state index in [2.05, 4.69) is 11.4 Å². The fraction of sp³-hybridized carbons (Fsp3) is 0.364. The quantitative estimate of drug-likeness (QED) is 0.860. The van der Waals surface area contributed by atoms with E-state index < -0.39 is 5.54 Å². The molecule has 0 aliphatic carbocycles. The highest BCUT2D eigenvalue weighted by atomic mass is 35.5. The van der Waals surface area contributed by atoms with Gasteiger partial charge in [-0.15, -0.1) is 0 Å². The summed E-state index contributed by atoms with van der Waals surface area (Å²) in [6, 6.07) is 9.87. The molecule has 1 aliphatic heterocycles. The first-order valence-corrected chi connectivity index (χ1v) is 6.30. The van der Waals surface area contributed by atoms with Gasteiger partial charge in [-0.3, -0.25) is 0 Å². The largest absolute Gasteiger partial charge is 0.367 e. The van der Waals surface area contributed by atoms with Crippen molar-refractivity contribution in [2.75, 3.05) is 16.8 Å². The predicted octanol–water partition coefficient (Wildman–Crippen LogP) is 3.15. The van der Waals surface area contributed by atoms with Crippen molar-refractivity contribution in [2.45, 2.75) is 12.0 Å². The topological polar surface area (TPSA) is 35.8 Å². The second-order valence-corrected chi connectivity index (χ2v) is 5.17. The van der Waals surface area contributed by atoms with Crippen LogP contribution in [0.5, 0.6) is 0 Å². The smallest absolute Gasteiger partial charge is 0.135 e. The third-order valence-corrected chi connectivity index (χ3v) is 3.87. The van der Waals surface area contributed by atoms with Crippen LogP contribution in [0.3, 0.4) is 0 Å². The van der Waals surface area contributed by atoms with Gasteiger partial charge < -0.3 is 5.32 Å². The van der Waals surface area contributed by atoms with Gasteiger partial charge in [0.1, 0.15) is 5.54 Å². The molecule has 0 bridgehead atoms. The Morgan fingerprint density at radius 1 is 1.53 bits per heavy atom. The minimum absolute atomic E-state index is 0.407. The Kier molecular flexibility index (Phi) is 3.08. The van der Waals surface area contributed by atoms with Crippen molar-refractivity contribution in [2.24, 2.45) is 0 Å². The zero-order valence-corrected chi connectivity index (χ0v) is 9.74. The molecule has 2 nitrogen and oxygen atoms in total. The van der Waals surface area contributed by atoms with E-state index >= 15 is 0 Å². The molecule has 1 unspecified atom stereocenters. The number of hydrogen-bond acceptors (Lipinski definition) is 3. The van der Waals surface area contributed by atoms with Crippen LogP contribution in [0, 0.1) is 11.3 Å². The molecule has 15 heavy (non-hydrogen) atoms. The lowest BCUT2D eigenvalue weighted by molar-refractivity contribution is 0.666. The molecule has 1 aromatic carbocycles. The number of nitrogens with one attached hydrogen (secondary N) is 1. The Hall–Kier alpha value is -0.850. The third-order valence-electron chi connectivity index (χ3n) is 2.44. The summed E-state index contributed by atoms with van der Waals surface area (Å²) in [5.41, 5.74) is 0.515. The lowest BCUT2D eigenvalue weighted by Gasteiger charge is -2.22. The summed E-state index contributed by atoms with van der Waals surface area (Å²) in [6.07, 6.45) is 0.890. The van der Waals surface area contributed by atoms with Crippen LogP contribution in [0.4, 0.5) is 5.69 Å². The number of benzene rings is 1. The monoisotopic (exact) mass is 238 g/mol. The van der Waals surface area contributed by atoms with Crippen LogP contribution in [0.1, 0.15) is 6.42 Å². The molecule has 1 N–H and O–H groups in total. The van der Waals surface area contributed by atoms with Crippen LogP contribution in [0.25, 0.3) is 0 Å². The Morgan fingerprint density at radius 2 is 2.40 bits per heavy atom. The standard InChI is InChI=1S/C11H11ClN2S/c12-9-2-1-3-10(6-9)14-11(7-13)4-5-15-8-11/h1-3,6,14H,4-5,8H2. The van der Waals surface area contributed by atoms with E-state index in [1.807, 2.05) is 36.0 Å². The van der Waals surface area contributed by atoms with Gasteiger partial charge in [-0.25, -0.2) is 0 Å². The van der Waals surface area contributed by atoms with E-state index in [1.54, 1.807) is 0 Å². The fourth-order valence-corrected chi connectivity index (χ4v) is 3.08. The molecule has 0 amide bonds. The molecular formula is C11H11ClN2S. The minimum Gasteiger partial charge on any atom is -0.367 e. The Labute approximate surface area is 98.6 Å². The highest BCUT2D eigenvalue weighted by molar-refractivity contribution is 7.99. The Morgan fingerprint density at radius 3 is 3.00 bits per heavy atom. The van der Waals surface area contributed by atoms with Crippen molar-refractivity contribution >= 4 is 29.1 Å². The fourth-order valence-electron chi connectivity index (χ4n) is 1.62. The van der Waals surface area contributed by atoms with Gasteiger partial charge in [0.05, 0.1) is 6.07 Å². The highest BCUT2D eigenvalue weighted by Crippen LogP contribution is 2.31. The van der Waals surface area contributed by atoms with Crippen LogP contribution in [0.2, 0.25) is 5.02 Å². The first-order valence-electron chi connectivity index (χ1n) is 4.77. The van der Waals surface area contributed by atoms with Crippen LogP contribution in [-0.4, -0.2) is 17.0 Å². The Balaban J connectivity index is 2.17. The molecule has 0 saturated carbocycles. The van der Waals surface area contributed by atoms with Gasteiger partial charge in [0.2, 0.25) is 0 Å². The van der Waals surface area contributed by atoms with Crippen LogP contribution < -0.4 is 5.32 Å². The van der Waals surface area contributed by atoms with Gasteiger partial charge in [-0.2, -0.15) is 17.0 Å². The predicted molar refractivity (Wildman–Crippen MR) is 65.4 cm³/mol. The van der Waals surface area contributed by atoms with Gasteiger partial charge in [-0.1, -0.05) is 17.7 Å². The summed E-state index contributed by atoms with van der Waals surface area (Å²) in [6.45, 7) is 0. The summed E-state index contributed by atoms with van der Waals surface area (Å²) in [7, 11) is 0. The van der Waals surface area contributed by atoms with Crippen LogP contribution >= 0.6 is 23.4 Å². The van der Waals surface area contributed by atoms with Crippen molar-refractivity contribution in [3.63, 3.8) is 0 Å². The molecule has 0 aromatic heterocycles. The molecular weight excluding hydrogens is 228 g/mol. The summed E-state index contributed by atoms with van der Waals surface area (Å²) in [5.74, 6) is 1.89. The average Bonchev–Trinajstić information content (AvgIpc) is 2.67. The van der Waals surface area contributed by atoms with Crippen molar-refractivity contribution in [3.8, 4) is 6.07 Å². The number of halogens is 1. The van der Waals surface area contributed by atoms with E-state index in [-0.39, 0.29) is 0 Å². The maximum absolute atomic E-state index is 9.19. The number of rotatable bonds is 2. The first-order chi connectivity index (χ1) is 7.24. The molecule has 4 heteroatoms. The number of thioether (sulfide) groups is 1. The molecule has 2 rings (SSSR count). The van der Waals surface area contributed by atoms with Crippen molar-refractivity contribution < 1.29 is 0 Å². The van der Waals surface area contributed by atoms with Gasteiger partial charge in [0, 0.05) is 16.5 Å². The van der Waals surface area contributed by atoms with E-state index in [9.17, 15) is 5.26 Å². The van der Waals surface area contributed by atoms with Crippen molar-refractivity contribution in [1.29, 1.82) is 5.26 Å². The highest BCUT2D eigenvalue weighted by Gasteiger charge is 2.34. The van der Waals surface area contributed by atoms with Gasteiger partial charge in [0.25, 0.3) is 0 Å². The third kappa shape index (κ3) is 2.39. The van der Waals surface area contributed by atoms with E-state index in [0.29, 0.717) is 5.02 Å². The SMILES string of the molecule is N#CC1(Nc2cccc(Cl)c2)CCSC1. The van der Waals surface area contributed by atoms with E-state index in [0.717, 1.165) is 23.6 Å². The molecule has 1 heterocycles. The van der Waals surface area contributed by atoms with Crippen LogP contribution in [-0.2, 0) is 0 Å². The van der Waals surface area contributed by atoms with Crippen molar-refractivity contribution in [3.05, 3.63) is 29.3 Å². The van der Waals surface area contributed by atoms with Gasteiger partial charge in [0.15, 0.2) is 0 Å². The summed E-state index contributed by atoms with van der Waals surface area (Å²) in [4.78, 5) is 0. The van der Waals surface area contributed by atoms with Crippen LogP contribution in [0.15, 0.2) is 24.3 Å². The van der Waals surface area contributed by atoms with Gasteiger partial charge in [-0.05, 0) is 30.4 Å². The zero-order chi connectivity index (χ0) is 10.7. The molecule has 0 spiro atoms. The number of nitrogens with zero attached hydrogens (tertiary/aromatic N) is 1. The normalized spacial score (nSPS) is 24.8. The molecule has 1 aromatic rings. The maximum atomic E-state index is 9.19. The molecule has 1 saturated heterocycles.